The van der Waals surface area contributed by atoms with Crippen LogP contribution in [0.5, 0.6) is 5.75 Å². The van der Waals surface area contributed by atoms with Crippen molar-refractivity contribution in [2.24, 2.45) is 5.73 Å². The van der Waals surface area contributed by atoms with Crippen LogP contribution in [-0.2, 0) is 4.79 Å². The number of halogens is 1. The van der Waals surface area contributed by atoms with Gasteiger partial charge in [0.25, 0.3) is 5.91 Å². The highest BCUT2D eigenvalue weighted by Crippen LogP contribution is 2.13. The van der Waals surface area contributed by atoms with Crippen LogP contribution in [-0.4, -0.2) is 41.3 Å². The van der Waals surface area contributed by atoms with Crippen molar-refractivity contribution in [2.75, 3.05) is 6.61 Å². The number of amides is 1. The molecule has 0 radical (unpaired) electrons. The minimum absolute atomic E-state index is 0. The summed E-state index contributed by atoms with van der Waals surface area (Å²) in [5, 5.41) is 18.5. The lowest BCUT2D eigenvalue weighted by molar-refractivity contribution is -0.139. The highest BCUT2D eigenvalue weighted by atomic mass is 127. The molecule has 2 rings (SSSR count). The summed E-state index contributed by atoms with van der Waals surface area (Å²) in [6.07, 6.45) is 0. The number of carbonyl (C=O) groups is 3. The van der Waals surface area contributed by atoms with E-state index < -0.39 is 24.5 Å². The van der Waals surface area contributed by atoms with Crippen molar-refractivity contribution in [3.05, 3.63) is 65.2 Å². The number of amidine groups is 1. The third kappa shape index (κ3) is 6.34. The lowest BCUT2D eigenvalue weighted by atomic mass is 10.0. The Morgan fingerprint density at radius 3 is 2.04 bits per heavy atom. The predicted molar refractivity (Wildman–Crippen MR) is 114 cm³/mol. The first-order valence-corrected chi connectivity index (χ1v) is 8.02. The Kier molecular flexibility index (Phi) is 8.58. The summed E-state index contributed by atoms with van der Waals surface area (Å²) in [5.74, 6) is -1.59. The van der Waals surface area contributed by atoms with Gasteiger partial charge in [0.1, 0.15) is 11.6 Å². The smallest absolute Gasteiger partial charge is 0.341 e. The second kappa shape index (κ2) is 10.4. The van der Waals surface area contributed by atoms with Crippen LogP contribution < -0.4 is 15.8 Å². The van der Waals surface area contributed by atoms with Crippen LogP contribution in [0.3, 0.4) is 0 Å². The molecule has 8 nitrogen and oxygen atoms in total. The Bertz CT molecular complexity index is 866. The monoisotopic (exact) mass is 497 g/mol. The summed E-state index contributed by atoms with van der Waals surface area (Å²) in [6, 6.07) is 11.4. The first-order chi connectivity index (χ1) is 12.8. The molecular formula is C19H20IN3O5. The van der Waals surface area contributed by atoms with E-state index >= 15 is 0 Å². The number of Topliss-reactive ketones (excluding diaryl/α,β-unsaturated/α-hetero) is 1. The van der Waals surface area contributed by atoms with Gasteiger partial charge in [0, 0.05) is 16.7 Å². The number of nitrogens with one attached hydrogen (secondary N) is 2. The molecule has 0 saturated heterocycles. The minimum atomic E-state index is -1.10. The zero-order valence-electron chi connectivity index (χ0n) is 15.0. The molecule has 2 aromatic rings. The maximum Gasteiger partial charge on any atom is 0.341 e. The summed E-state index contributed by atoms with van der Waals surface area (Å²) in [6.45, 7) is 1.10. The van der Waals surface area contributed by atoms with Gasteiger partial charge in [0.2, 0.25) is 0 Å². The average molecular weight is 497 g/mol. The Morgan fingerprint density at radius 2 is 1.54 bits per heavy atom. The van der Waals surface area contributed by atoms with Gasteiger partial charge in [0.15, 0.2) is 12.4 Å². The van der Waals surface area contributed by atoms with Crippen LogP contribution in [0, 0.1) is 5.41 Å². The zero-order valence-corrected chi connectivity index (χ0v) is 17.3. The van der Waals surface area contributed by atoms with Crippen molar-refractivity contribution in [1.29, 1.82) is 5.41 Å². The number of benzene rings is 2. The normalized spacial score (nSPS) is 10.9. The van der Waals surface area contributed by atoms with Crippen molar-refractivity contribution in [1.82, 2.24) is 5.32 Å². The van der Waals surface area contributed by atoms with E-state index in [-0.39, 0.29) is 35.6 Å². The molecule has 0 saturated carbocycles. The number of nitrogens with two attached hydrogens (primary N) is 1. The molecule has 2 aromatic carbocycles. The minimum Gasteiger partial charge on any atom is -0.482 e. The van der Waals surface area contributed by atoms with Crippen molar-refractivity contribution in [3.63, 3.8) is 0 Å². The number of hydrogen-bond donors (Lipinski definition) is 4. The van der Waals surface area contributed by atoms with Crippen molar-refractivity contribution in [3.8, 4) is 5.75 Å². The number of hydrogen-bond acceptors (Lipinski definition) is 5. The number of carboxylic acid groups (broad SMARTS) is 1. The SMILES string of the molecule is CC(NC(=O)c1ccc(OCC(=O)O)cc1)C(=O)c1ccc(C(=N)N)cc1.I. The molecule has 0 aliphatic rings. The molecule has 0 aliphatic carbocycles. The van der Waals surface area contributed by atoms with Gasteiger partial charge in [-0.15, -0.1) is 24.0 Å². The van der Waals surface area contributed by atoms with Crippen LogP contribution in [0.25, 0.3) is 0 Å². The van der Waals surface area contributed by atoms with Crippen molar-refractivity contribution >= 4 is 47.5 Å². The largest absolute Gasteiger partial charge is 0.482 e. The Balaban J connectivity index is 0.00000392. The Morgan fingerprint density at radius 1 is 1.04 bits per heavy atom. The van der Waals surface area contributed by atoms with E-state index in [9.17, 15) is 14.4 Å². The molecule has 0 spiro atoms. The molecule has 1 atom stereocenters. The van der Waals surface area contributed by atoms with Crippen LogP contribution in [0.4, 0.5) is 0 Å². The summed E-state index contributed by atoms with van der Waals surface area (Å²) in [7, 11) is 0. The second-order valence-electron chi connectivity index (χ2n) is 5.76. The maximum atomic E-state index is 12.4. The molecule has 0 heterocycles. The molecule has 1 amide bonds. The van der Waals surface area contributed by atoms with E-state index in [0.29, 0.717) is 22.4 Å². The fourth-order valence-corrected chi connectivity index (χ4v) is 2.26. The number of ether oxygens (including phenoxy) is 1. The number of carboxylic acids is 1. The molecule has 0 aromatic heterocycles. The van der Waals surface area contributed by atoms with Gasteiger partial charge >= 0.3 is 5.97 Å². The topological polar surface area (TPSA) is 143 Å². The average Bonchev–Trinajstić information content (AvgIpc) is 2.66. The van der Waals surface area contributed by atoms with Crippen molar-refractivity contribution in [2.45, 2.75) is 13.0 Å². The fraction of sp³-hybridized carbons (Fsp3) is 0.158. The second-order valence-corrected chi connectivity index (χ2v) is 5.76. The first kappa shape index (κ1) is 23.1. The Hall–Kier alpha value is -2.95. The van der Waals surface area contributed by atoms with Gasteiger partial charge in [-0.1, -0.05) is 24.3 Å². The lowest BCUT2D eigenvalue weighted by Gasteiger charge is -2.13. The van der Waals surface area contributed by atoms with Crippen molar-refractivity contribution < 1.29 is 24.2 Å². The molecule has 0 bridgehead atoms. The number of nitrogen functional groups attached to an aromatic ring is 1. The highest BCUT2D eigenvalue weighted by molar-refractivity contribution is 14.0. The standard InChI is InChI=1S/C19H19N3O5.HI/c1-11(17(25)12-2-4-13(5-3-12)18(20)21)22-19(26)14-6-8-15(9-7-14)27-10-16(23)24;/h2-9,11H,10H2,1H3,(H3,20,21)(H,22,26)(H,23,24);1H. The molecule has 0 aliphatic heterocycles. The molecule has 1 unspecified atom stereocenters. The number of carbonyl (C=O) groups excluding carboxylic acids is 2. The van der Waals surface area contributed by atoms with E-state index in [2.05, 4.69) is 5.32 Å². The fourth-order valence-electron chi connectivity index (χ4n) is 2.26. The number of rotatable bonds is 8. The van der Waals surface area contributed by atoms with E-state index in [0.717, 1.165) is 0 Å². The molecular weight excluding hydrogens is 477 g/mol. The van der Waals surface area contributed by atoms with E-state index in [1.54, 1.807) is 31.2 Å². The third-order valence-electron chi connectivity index (χ3n) is 3.70. The highest BCUT2D eigenvalue weighted by Gasteiger charge is 2.18. The molecule has 148 valence electrons. The van der Waals surface area contributed by atoms with Gasteiger partial charge in [-0.3, -0.25) is 15.0 Å². The van der Waals surface area contributed by atoms with Crippen LogP contribution in [0.2, 0.25) is 0 Å². The van der Waals surface area contributed by atoms with E-state index in [1.165, 1.54) is 24.3 Å². The van der Waals surface area contributed by atoms with E-state index in [4.69, 9.17) is 21.0 Å². The van der Waals surface area contributed by atoms with Crippen LogP contribution in [0.15, 0.2) is 48.5 Å². The lowest BCUT2D eigenvalue weighted by Crippen LogP contribution is -2.38. The van der Waals surface area contributed by atoms with E-state index in [1.807, 2.05) is 0 Å². The van der Waals surface area contributed by atoms with Gasteiger partial charge in [-0.25, -0.2) is 4.79 Å². The van der Waals surface area contributed by atoms with Gasteiger partial charge < -0.3 is 20.9 Å². The number of aliphatic carboxylic acids is 1. The summed E-state index contributed by atoms with van der Waals surface area (Å²) < 4.78 is 5.00. The summed E-state index contributed by atoms with van der Waals surface area (Å²) >= 11 is 0. The molecule has 0 fully saturated rings. The molecule has 5 N–H and O–H groups in total. The van der Waals surface area contributed by atoms with Crippen LogP contribution >= 0.6 is 24.0 Å². The molecule has 28 heavy (non-hydrogen) atoms. The maximum absolute atomic E-state index is 12.4. The quantitative estimate of drug-likeness (QED) is 0.190. The summed E-state index contributed by atoms with van der Waals surface area (Å²) in [4.78, 5) is 35.2. The van der Waals surface area contributed by atoms with Gasteiger partial charge in [-0.05, 0) is 31.2 Å². The molecule has 9 heteroatoms. The predicted octanol–water partition coefficient (Wildman–Crippen LogP) is 2.05. The third-order valence-corrected chi connectivity index (χ3v) is 3.70. The first-order valence-electron chi connectivity index (χ1n) is 8.02. The number of ketones is 1. The van der Waals surface area contributed by atoms with Crippen LogP contribution in [0.1, 0.15) is 33.2 Å². The summed E-state index contributed by atoms with van der Waals surface area (Å²) in [5.41, 5.74) is 6.59. The Labute approximate surface area is 178 Å². The van der Waals surface area contributed by atoms with Gasteiger partial charge in [0.05, 0.1) is 6.04 Å². The zero-order chi connectivity index (χ0) is 20.0. The van der Waals surface area contributed by atoms with Gasteiger partial charge in [-0.2, -0.15) is 0 Å².